The summed E-state index contributed by atoms with van der Waals surface area (Å²) in [5.74, 6) is 0.357. The van der Waals surface area contributed by atoms with Crippen LogP contribution in [0, 0.1) is 0 Å². The largest absolute Gasteiger partial charge is 0.307 e. The number of amides is 1. The maximum absolute atomic E-state index is 13.0. The van der Waals surface area contributed by atoms with Gasteiger partial charge in [-0.1, -0.05) is 60.3 Å². The molecule has 0 unspecified atom stereocenters. The van der Waals surface area contributed by atoms with Crippen molar-refractivity contribution in [2.75, 3.05) is 10.7 Å². The maximum Gasteiger partial charge on any atom is 0.237 e. The minimum Gasteiger partial charge on any atom is -0.307 e. The molecule has 1 aromatic heterocycles. The number of para-hydroxylation sites is 1. The van der Waals surface area contributed by atoms with Gasteiger partial charge in [0.15, 0.2) is 5.16 Å². The standard InChI is InChI=1S/C20H22N4OS/c1-16(2)24-15-21-22-20(24)26-14-19(25)23(18-11-7-4-8-12-18)13-17-9-5-3-6-10-17/h3-12,15-16H,13-14H2,1-2H3. The highest BCUT2D eigenvalue weighted by Crippen LogP contribution is 2.22. The molecule has 0 saturated carbocycles. The van der Waals surface area contributed by atoms with E-state index in [1.807, 2.05) is 70.1 Å². The number of thioether (sulfide) groups is 1. The molecule has 6 heteroatoms. The minimum absolute atomic E-state index is 0.0448. The Balaban J connectivity index is 1.75. The number of hydrogen-bond acceptors (Lipinski definition) is 4. The predicted molar refractivity (Wildman–Crippen MR) is 105 cm³/mol. The molecule has 0 aliphatic heterocycles. The first-order valence-corrected chi connectivity index (χ1v) is 9.55. The molecule has 1 amide bonds. The molecule has 0 radical (unpaired) electrons. The zero-order valence-electron chi connectivity index (χ0n) is 14.9. The van der Waals surface area contributed by atoms with Gasteiger partial charge in [0.25, 0.3) is 0 Å². The van der Waals surface area contributed by atoms with Crippen LogP contribution in [0.4, 0.5) is 5.69 Å². The molecule has 0 aliphatic carbocycles. The Morgan fingerprint density at radius 3 is 2.38 bits per heavy atom. The van der Waals surface area contributed by atoms with E-state index in [0.717, 1.165) is 16.4 Å². The molecule has 0 N–H and O–H groups in total. The molecular formula is C20H22N4OS. The van der Waals surface area contributed by atoms with E-state index in [1.54, 1.807) is 6.33 Å². The number of carbonyl (C=O) groups excluding carboxylic acids is 1. The van der Waals surface area contributed by atoms with Crippen LogP contribution in [0.15, 0.2) is 72.1 Å². The molecule has 1 heterocycles. The molecule has 0 saturated heterocycles. The predicted octanol–water partition coefficient (Wildman–Crippen LogP) is 4.18. The monoisotopic (exact) mass is 366 g/mol. The van der Waals surface area contributed by atoms with Crippen molar-refractivity contribution in [3.8, 4) is 0 Å². The maximum atomic E-state index is 13.0. The molecule has 3 aromatic rings. The van der Waals surface area contributed by atoms with Crippen molar-refractivity contribution in [3.05, 3.63) is 72.6 Å². The van der Waals surface area contributed by atoms with Crippen molar-refractivity contribution in [1.82, 2.24) is 14.8 Å². The van der Waals surface area contributed by atoms with Gasteiger partial charge in [0.2, 0.25) is 5.91 Å². The number of anilines is 1. The molecule has 0 aliphatic rings. The second-order valence-electron chi connectivity index (χ2n) is 6.20. The summed E-state index contributed by atoms with van der Waals surface area (Å²) in [6.07, 6.45) is 1.70. The van der Waals surface area contributed by atoms with Crippen LogP contribution in [0.2, 0.25) is 0 Å². The SMILES string of the molecule is CC(C)n1cnnc1SCC(=O)N(Cc1ccccc1)c1ccccc1. The zero-order chi connectivity index (χ0) is 18.4. The van der Waals surface area contributed by atoms with Gasteiger partial charge >= 0.3 is 0 Å². The Morgan fingerprint density at radius 1 is 1.08 bits per heavy atom. The van der Waals surface area contributed by atoms with E-state index in [1.165, 1.54) is 11.8 Å². The topological polar surface area (TPSA) is 51.0 Å². The van der Waals surface area contributed by atoms with Crippen molar-refractivity contribution < 1.29 is 4.79 Å². The van der Waals surface area contributed by atoms with Crippen LogP contribution in [0.5, 0.6) is 0 Å². The zero-order valence-corrected chi connectivity index (χ0v) is 15.8. The van der Waals surface area contributed by atoms with Crippen LogP contribution in [-0.2, 0) is 11.3 Å². The lowest BCUT2D eigenvalue weighted by Crippen LogP contribution is -2.32. The lowest BCUT2D eigenvalue weighted by molar-refractivity contribution is -0.116. The Labute approximate surface area is 158 Å². The second kappa shape index (κ2) is 8.67. The average Bonchev–Trinajstić information content (AvgIpc) is 3.15. The molecule has 0 spiro atoms. The summed E-state index contributed by atoms with van der Waals surface area (Å²) in [4.78, 5) is 14.8. The Morgan fingerprint density at radius 2 is 1.73 bits per heavy atom. The third-order valence-electron chi connectivity index (χ3n) is 3.97. The summed E-state index contributed by atoms with van der Waals surface area (Å²) in [5.41, 5.74) is 1.99. The van der Waals surface area contributed by atoms with Gasteiger partial charge in [-0.2, -0.15) is 0 Å². The van der Waals surface area contributed by atoms with Gasteiger partial charge in [-0.05, 0) is 31.5 Å². The number of nitrogens with zero attached hydrogens (tertiary/aromatic N) is 4. The Kier molecular flexibility index (Phi) is 6.07. The average molecular weight is 366 g/mol. The quantitative estimate of drug-likeness (QED) is 0.589. The van der Waals surface area contributed by atoms with Crippen molar-refractivity contribution in [2.24, 2.45) is 0 Å². The fourth-order valence-electron chi connectivity index (χ4n) is 2.59. The number of rotatable bonds is 7. The summed E-state index contributed by atoms with van der Waals surface area (Å²) in [6.45, 7) is 4.68. The van der Waals surface area contributed by atoms with E-state index < -0.39 is 0 Å². The summed E-state index contributed by atoms with van der Waals surface area (Å²) in [6, 6.07) is 20.1. The van der Waals surface area contributed by atoms with Gasteiger partial charge < -0.3 is 9.47 Å². The van der Waals surface area contributed by atoms with Gasteiger partial charge in [0.05, 0.1) is 12.3 Å². The van der Waals surface area contributed by atoms with E-state index in [-0.39, 0.29) is 11.9 Å². The van der Waals surface area contributed by atoms with Crippen molar-refractivity contribution in [3.63, 3.8) is 0 Å². The smallest absolute Gasteiger partial charge is 0.237 e. The summed E-state index contributed by atoms with van der Waals surface area (Å²) >= 11 is 1.42. The first-order chi connectivity index (χ1) is 12.6. The number of hydrogen-bond donors (Lipinski definition) is 0. The molecule has 3 rings (SSSR count). The molecule has 0 atom stereocenters. The van der Waals surface area contributed by atoms with Crippen molar-refractivity contribution in [1.29, 1.82) is 0 Å². The van der Waals surface area contributed by atoms with Gasteiger partial charge in [-0.25, -0.2) is 0 Å². The van der Waals surface area contributed by atoms with Crippen LogP contribution in [-0.4, -0.2) is 26.4 Å². The van der Waals surface area contributed by atoms with Crippen LogP contribution < -0.4 is 4.90 Å². The van der Waals surface area contributed by atoms with E-state index in [4.69, 9.17) is 0 Å². The summed E-state index contributed by atoms with van der Waals surface area (Å²) in [5, 5.41) is 8.85. The van der Waals surface area contributed by atoms with Gasteiger partial charge in [-0.3, -0.25) is 4.79 Å². The van der Waals surface area contributed by atoms with Crippen LogP contribution in [0.1, 0.15) is 25.5 Å². The van der Waals surface area contributed by atoms with Crippen molar-refractivity contribution >= 4 is 23.4 Å². The molecule has 134 valence electrons. The molecule has 26 heavy (non-hydrogen) atoms. The van der Waals surface area contributed by atoms with E-state index in [9.17, 15) is 4.79 Å². The lowest BCUT2D eigenvalue weighted by Gasteiger charge is -2.23. The molecule has 5 nitrogen and oxygen atoms in total. The Bertz CT molecular complexity index is 833. The highest BCUT2D eigenvalue weighted by Gasteiger charge is 2.18. The normalized spacial score (nSPS) is 10.9. The number of benzene rings is 2. The minimum atomic E-state index is 0.0448. The second-order valence-corrected chi connectivity index (χ2v) is 7.15. The van der Waals surface area contributed by atoms with Crippen LogP contribution >= 0.6 is 11.8 Å². The highest BCUT2D eigenvalue weighted by molar-refractivity contribution is 7.99. The molecule has 2 aromatic carbocycles. The molecular weight excluding hydrogens is 344 g/mol. The van der Waals surface area contributed by atoms with Gasteiger partial charge in [-0.15, -0.1) is 10.2 Å². The lowest BCUT2D eigenvalue weighted by atomic mass is 10.2. The molecule has 0 fully saturated rings. The van der Waals surface area contributed by atoms with Crippen molar-refractivity contribution in [2.45, 2.75) is 31.6 Å². The fourth-order valence-corrected chi connectivity index (χ4v) is 3.51. The fraction of sp³-hybridized carbons (Fsp3) is 0.250. The summed E-state index contributed by atoms with van der Waals surface area (Å²) < 4.78 is 1.97. The van der Waals surface area contributed by atoms with E-state index in [2.05, 4.69) is 24.0 Å². The van der Waals surface area contributed by atoms with Crippen LogP contribution in [0.3, 0.4) is 0 Å². The number of carbonyl (C=O) groups is 1. The third kappa shape index (κ3) is 4.52. The van der Waals surface area contributed by atoms with E-state index >= 15 is 0 Å². The number of aromatic nitrogens is 3. The highest BCUT2D eigenvalue weighted by atomic mass is 32.2. The first kappa shape index (κ1) is 18.2. The van der Waals surface area contributed by atoms with Gasteiger partial charge in [0.1, 0.15) is 6.33 Å². The van der Waals surface area contributed by atoms with Crippen LogP contribution in [0.25, 0.3) is 0 Å². The van der Waals surface area contributed by atoms with E-state index in [0.29, 0.717) is 12.3 Å². The first-order valence-electron chi connectivity index (χ1n) is 8.57. The Hall–Kier alpha value is -2.60. The molecule has 0 bridgehead atoms. The third-order valence-corrected chi connectivity index (χ3v) is 4.92. The summed E-state index contributed by atoms with van der Waals surface area (Å²) in [7, 11) is 0. The van der Waals surface area contributed by atoms with Gasteiger partial charge in [0, 0.05) is 11.7 Å².